The van der Waals surface area contributed by atoms with E-state index >= 15 is 0 Å². The van der Waals surface area contributed by atoms with Gasteiger partial charge in [0.2, 0.25) is 0 Å². The minimum atomic E-state index is -2.76. The maximum Gasteiger partial charge on any atom is 0.338 e. The summed E-state index contributed by atoms with van der Waals surface area (Å²) < 4.78 is 71.5. The normalized spacial score (nSPS) is 18.0. The first kappa shape index (κ1) is 71.3. The molecule has 4 N–H and O–H groups in total. The van der Waals surface area contributed by atoms with Crippen molar-refractivity contribution in [3.63, 3.8) is 0 Å². The smallest absolute Gasteiger partial charge is 0.338 e. The fourth-order valence-corrected chi connectivity index (χ4v) is 9.84. The summed E-state index contributed by atoms with van der Waals surface area (Å²) in [4.78, 5) is 124. The van der Waals surface area contributed by atoms with Gasteiger partial charge in [-0.05, 0) is 84.9 Å². The average molecular weight is 1320 g/mol. The number of carbonyl (C=O) groups excluding carboxylic acids is 9. The SMILES string of the molecule is CC(=O)OC(CCOC(O)C(OC(=O)c1ccccc1)C(OC(=O)c1ccccc1)C(O)CCOC(=O)c1ccccc1)C(OC1OC(COC(=O)c2ccccc2)C(OC(=O)c2ccccc2)C(OC(=O)c2ccccc2)C1OC(=O)c1ccccc1)C(OC(C)=O)C(O)O. The predicted octanol–water partition coefficient (Wildman–Crippen LogP) is 6.59. The molecule has 502 valence electrons. The molecule has 1 aliphatic heterocycles. The minimum absolute atomic E-state index is 0.0398. The Morgan fingerprint density at radius 2 is 0.740 bits per heavy atom. The van der Waals surface area contributed by atoms with Gasteiger partial charge in [-0.25, -0.2) is 33.6 Å². The number of carbonyl (C=O) groups is 9. The molecule has 7 aromatic rings. The van der Waals surface area contributed by atoms with Crippen molar-refractivity contribution in [2.45, 2.75) is 107 Å². The molecule has 0 aliphatic carbocycles. The molecule has 96 heavy (non-hydrogen) atoms. The third-order valence-corrected chi connectivity index (χ3v) is 14.5. The van der Waals surface area contributed by atoms with Crippen LogP contribution in [0.2, 0.25) is 0 Å². The molecule has 12 unspecified atom stereocenters. The largest absolute Gasteiger partial charge is 0.462 e. The van der Waals surface area contributed by atoms with Crippen LogP contribution in [0.3, 0.4) is 0 Å². The molecule has 25 heteroatoms. The summed E-state index contributed by atoms with van der Waals surface area (Å²) in [5.74, 6) is -9.57. The van der Waals surface area contributed by atoms with Crippen LogP contribution in [0.15, 0.2) is 212 Å². The van der Waals surface area contributed by atoms with Crippen LogP contribution in [0.4, 0.5) is 0 Å². The molecule has 1 heterocycles. The van der Waals surface area contributed by atoms with Crippen LogP contribution in [0.5, 0.6) is 0 Å². The third kappa shape index (κ3) is 20.5. The van der Waals surface area contributed by atoms with Crippen molar-refractivity contribution in [2.24, 2.45) is 0 Å². The van der Waals surface area contributed by atoms with Crippen molar-refractivity contribution in [1.29, 1.82) is 0 Å². The number of benzene rings is 7. The lowest BCUT2D eigenvalue weighted by Crippen LogP contribution is -2.65. The Bertz CT molecular complexity index is 3660. The van der Waals surface area contributed by atoms with Crippen LogP contribution in [0.1, 0.15) is 99.2 Å². The lowest BCUT2D eigenvalue weighted by Gasteiger charge is -2.46. The molecule has 12 atom stereocenters. The van der Waals surface area contributed by atoms with Gasteiger partial charge in [-0.3, -0.25) is 9.59 Å². The summed E-state index contributed by atoms with van der Waals surface area (Å²) in [5, 5.41) is 46.4. The van der Waals surface area contributed by atoms with Crippen LogP contribution in [0, 0.1) is 0 Å². The maximum atomic E-state index is 14.5. The van der Waals surface area contributed by atoms with Gasteiger partial charge in [0, 0.05) is 26.7 Å². The van der Waals surface area contributed by atoms with E-state index in [0.29, 0.717) is 0 Å². The van der Waals surface area contributed by atoms with Gasteiger partial charge < -0.3 is 77.3 Å². The van der Waals surface area contributed by atoms with Crippen molar-refractivity contribution < 1.29 is 120 Å². The van der Waals surface area contributed by atoms with Crippen molar-refractivity contribution in [2.75, 3.05) is 19.8 Å². The van der Waals surface area contributed by atoms with Gasteiger partial charge in [-0.15, -0.1) is 0 Å². The molecular formula is C71H68O25. The highest BCUT2D eigenvalue weighted by atomic mass is 16.8. The minimum Gasteiger partial charge on any atom is -0.462 e. The van der Waals surface area contributed by atoms with Crippen molar-refractivity contribution in [3.05, 3.63) is 251 Å². The summed E-state index contributed by atoms with van der Waals surface area (Å²) >= 11 is 0. The molecule has 1 saturated heterocycles. The Kier molecular flexibility index (Phi) is 26.5. The molecule has 0 radical (unpaired) electrons. The van der Waals surface area contributed by atoms with Gasteiger partial charge in [-0.2, -0.15) is 0 Å². The van der Waals surface area contributed by atoms with E-state index in [-0.39, 0.29) is 38.9 Å². The molecule has 0 bridgehead atoms. The quantitative estimate of drug-likeness (QED) is 0.0202. The second-order valence-corrected chi connectivity index (χ2v) is 21.3. The van der Waals surface area contributed by atoms with E-state index in [2.05, 4.69) is 0 Å². The van der Waals surface area contributed by atoms with E-state index in [1.165, 1.54) is 146 Å². The Labute approximate surface area is 549 Å². The lowest BCUT2D eigenvalue weighted by atomic mass is 9.97. The Morgan fingerprint density at radius 3 is 1.15 bits per heavy atom. The third-order valence-electron chi connectivity index (χ3n) is 14.5. The van der Waals surface area contributed by atoms with E-state index in [0.717, 1.165) is 13.8 Å². The number of hydrogen-bond acceptors (Lipinski definition) is 25. The molecule has 25 nitrogen and oxygen atoms in total. The molecule has 0 spiro atoms. The molecule has 7 aromatic carbocycles. The van der Waals surface area contributed by atoms with E-state index in [4.69, 9.17) is 56.8 Å². The monoisotopic (exact) mass is 1320 g/mol. The number of aliphatic hydroxyl groups is 4. The molecular weight excluding hydrogens is 1250 g/mol. The number of aliphatic hydroxyl groups excluding tert-OH is 3. The number of hydrogen-bond donors (Lipinski definition) is 4. The number of esters is 9. The van der Waals surface area contributed by atoms with Gasteiger partial charge in [-0.1, -0.05) is 127 Å². The maximum absolute atomic E-state index is 14.5. The zero-order chi connectivity index (χ0) is 68.5. The number of ether oxygens (including phenoxy) is 12. The van der Waals surface area contributed by atoms with E-state index in [1.807, 2.05) is 0 Å². The summed E-state index contributed by atoms with van der Waals surface area (Å²) in [6.07, 6.45) is -29.5. The first-order valence-electron chi connectivity index (χ1n) is 30.1. The van der Waals surface area contributed by atoms with Crippen molar-refractivity contribution in [3.8, 4) is 0 Å². The Balaban J connectivity index is 1.19. The van der Waals surface area contributed by atoms with Gasteiger partial charge in [0.15, 0.2) is 55.5 Å². The average Bonchev–Trinajstić information content (AvgIpc) is 0.776. The van der Waals surface area contributed by atoms with Gasteiger partial charge in [0.25, 0.3) is 0 Å². The Hall–Kier alpha value is -10.5. The molecule has 0 amide bonds. The second kappa shape index (κ2) is 35.7. The van der Waals surface area contributed by atoms with Crippen molar-refractivity contribution in [1.82, 2.24) is 0 Å². The first-order chi connectivity index (χ1) is 46.3. The van der Waals surface area contributed by atoms with Crippen molar-refractivity contribution >= 4 is 53.7 Å². The fourth-order valence-electron chi connectivity index (χ4n) is 9.84. The standard InChI is InChI=1S/C71H68O25/c1-43(72)88-53(39-41-86-70(84)60(94-68(82)50-34-20-8-21-35-50)55(91-65(79)47-28-14-5-15-29-47)52(74)38-40-85-63(77)45-24-10-3-11-25-45)56(59(62(75)76)89-44(2)73)96-71-61(95-69(83)51-36-22-9-23-37-51)58(93-67(81)49-32-18-7-19-33-49)57(92-66(80)48-30-16-6-17-31-48)54(90-71)42-87-64(78)46-26-12-4-13-27-46/h3-37,52-62,70-71,74-76,84H,38-42H2,1-2H3. The summed E-state index contributed by atoms with van der Waals surface area (Å²) in [5.41, 5.74) is -0.172. The van der Waals surface area contributed by atoms with Crippen LogP contribution < -0.4 is 0 Å². The molecule has 0 aromatic heterocycles. The molecule has 1 fully saturated rings. The van der Waals surface area contributed by atoms with Crippen LogP contribution >= 0.6 is 0 Å². The highest BCUT2D eigenvalue weighted by molar-refractivity contribution is 5.93. The predicted molar refractivity (Wildman–Crippen MR) is 332 cm³/mol. The van der Waals surface area contributed by atoms with Crippen LogP contribution in [-0.2, 0) is 66.4 Å². The van der Waals surface area contributed by atoms with Crippen LogP contribution in [-0.4, -0.2) is 174 Å². The topological polar surface area (TPSA) is 345 Å². The van der Waals surface area contributed by atoms with Crippen LogP contribution in [0.25, 0.3) is 0 Å². The van der Waals surface area contributed by atoms with E-state index in [9.17, 15) is 63.6 Å². The lowest BCUT2D eigenvalue weighted by molar-refractivity contribution is -0.329. The summed E-state index contributed by atoms with van der Waals surface area (Å²) in [6, 6.07) is 52.2. The van der Waals surface area contributed by atoms with Gasteiger partial charge in [0.1, 0.15) is 24.9 Å². The zero-order valence-electron chi connectivity index (χ0n) is 51.6. The zero-order valence-corrected chi connectivity index (χ0v) is 51.6. The first-order valence-corrected chi connectivity index (χ1v) is 30.1. The highest BCUT2D eigenvalue weighted by Gasteiger charge is 2.56. The summed E-state index contributed by atoms with van der Waals surface area (Å²) in [7, 11) is 0. The second-order valence-electron chi connectivity index (χ2n) is 21.3. The van der Waals surface area contributed by atoms with Gasteiger partial charge in [0.05, 0.1) is 58.3 Å². The van der Waals surface area contributed by atoms with E-state index in [1.54, 1.807) is 66.7 Å². The molecule has 1 aliphatic rings. The molecule has 8 rings (SSSR count). The Morgan fingerprint density at radius 1 is 0.375 bits per heavy atom. The highest BCUT2D eigenvalue weighted by Crippen LogP contribution is 2.35. The fraction of sp³-hybridized carbons (Fsp3) is 0.282. The van der Waals surface area contributed by atoms with Gasteiger partial charge >= 0.3 is 53.7 Å². The van der Waals surface area contributed by atoms with E-state index < -0.39 is 166 Å². The summed E-state index contributed by atoms with van der Waals surface area (Å²) in [6.45, 7) is -0.466. The number of rotatable bonds is 31. The molecule has 0 saturated carbocycles.